The van der Waals surface area contributed by atoms with Crippen LogP contribution in [0.1, 0.15) is 24.0 Å². The molecule has 1 heterocycles. The first-order chi connectivity index (χ1) is 13.7. The van der Waals surface area contributed by atoms with Gasteiger partial charge < -0.3 is 25.8 Å². The molecule has 1 aliphatic heterocycles. The van der Waals surface area contributed by atoms with Crippen molar-refractivity contribution >= 4 is 23.2 Å². The predicted octanol–water partition coefficient (Wildman–Crippen LogP) is 2.88. The lowest BCUT2D eigenvalue weighted by Gasteiger charge is -2.12. The summed E-state index contributed by atoms with van der Waals surface area (Å²) in [7, 11) is 1.65. The number of nitrogens with one attached hydrogen (secondary N) is 2. The molecule has 7 heteroatoms. The predicted molar refractivity (Wildman–Crippen MR) is 110 cm³/mol. The van der Waals surface area contributed by atoms with Crippen LogP contribution in [-0.2, 0) is 27.4 Å². The van der Waals surface area contributed by atoms with E-state index in [1.165, 1.54) is 0 Å². The number of anilines is 2. The van der Waals surface area contributed by atoms with E-state index in [1.807, 2.05) is 48.5 Å². The van der Waals surface area contributed by atoms with Gasteiger partial charge in [-0.1, -0.05) is 30.3 Å². The maximum absolute atomic E-state index is 12.2. The largest absolute Gasteiger partial charge is 0.380 e. The SMILES string of the molecule is COCc1ccccc1NC(N)=NCc1cccc(NC(=O)C2CCCO2)c1. The number of carbonyl (C=O) groups excluding carboxylic acids is 1. The van der Waals surface area contributed by atoms with E-state index in [4.69, 9.17) is 15.2 Å². The molecule has 1 amide bonds. The van der Waals surface area contributed by atoms with Crippen LogP contribution >= 0.6 is 0 Å². The molecule has 1 aliphatic rings. The lowest BCUT2D eigenvalue weighted by molar-refractivity contribution is -0.124. The Kier molecular flexibility index (Phi) is 7.00. The van der Waals surface area contributed by atoms with Gasteiger partial charge in [0.25, 0.3) is 5.91 Å². The molecule has 7 nitrogen and oxygen atoms in total. The zero-order valence-electron chi connectivity index (χ0n) is 16.0. The van der Waals surface area contributed by atoms with Crippen molar-refractivity contribution in [2.24, 2.45) is 10.7 Å². The number of guanidine groups is 1. The fraction of sp³-hybridized carbons (Fsp3) is 0.333. The van der Waals surface area contributed by atoms with E-state index in [1.54, 1.807) is 7.11 Å². The molecule has 0 radical (unpaired) electrons. The third-order valence-electron chi connectivity index (χ3n) is 4.43. The number of nitrogens with two attached hydrogens (primary N) is 1. The first-order valence-electron chi connectivity index (χ1n) is 9.31. The molecule has 148 valence electrons. The molecule has 0 bridgehead atoms. The van der Waals surface area contributed by atoms with E-state index in [9.17, 15) is 4.79 Å². The Balaban J connectivity index is 1.59. The standard InChI is InChI=1S/C21H26N4O3/c1-27-14-16-7-2-3-9-18(16)25-21(22)23-13-15-6-4-8-17(12-15)24-20(26)19-10-5-11-28-19/h2-4,6-9,12,19H,5,10-11,13-14H2,1H3,(H,24,26)(H3,22,23,25). The van der Waals surface area contributed by atoms with Gasteiger partial charge in [0.2, 0.25) is 0 Å². The number of rotatable bonds is 7. The molecule has 0 aromatic heterocycles. The summed E-state index contributed by atoms with van der Waals surface area (Å²) in [5, 5.41) is 6.01. The topological polar surface area (TPSA) is 98.0 Å². The lowest BCUT2D eigenvalue weighted by Crippen LogP contribution is -2.26. The molecule has 0 spiro atoms. The number of benzene rings is 2. The highest BCUT2D eigenvalue weighted by Crippen LogP contribution is 2.17. The summed E-state index contributed by atoms with van der Waals surface area (Å²) in [6.07, 6.45) is 1.34. The van der Waals surface area contributed by atoms with E-state index in [2.05, 4.69) is 15.6 Å². The van der Waals surface area contributed by atoms with Crippen LogP contribution in [-0.4, -0.2) is 31.7 Å². The van der Waals surface area contributed by atoms with Gasteiger partial charge in [0.1, 0.15) is 6.10 Å². The molecule has 2 aromatic carbocycles. The Morgan fingerprint density at radius 2 is 2.11 bits per heavy atom. The molecule has 1 saturated heterocycles. The first kappa shape index (κ1) is 19.9. The van der Waals surface area contributed by atoms with Crippen LogP contribution in [0.15, 0.2) is 53.5 Å². The van der Waals surface area contributed by atoms with Gasteiger partial charge in [0, 0.05) is 30.7 Å². The van der Waals surface area contributed by atoms with E-state index < -0.39 is 0 Å². The highest BCUT2D eigenvalue weighted by molar-refractivity contribution is 5.94. The van der Waals surface area contributed by atoms with Crippen molar-refractivity contribution in [2.75, 3.05) is 24.4 Å². The van der Waals surface area contributed by atoms with Crippen molar-refractivity contribution in [1.29, 1.82) is 0 Å². The lowest BCUT2D eigenvalue weighted by atomic mass is 10.2. The molecule has 4 N–H and O–H groups in total. The number of hydrogen-bond acceptors (Lipinski definition) is 4. The minimum atomic E-state index is -0.353. The quantitative estimate of drug-likeness (QED) is 0.505. The summed E-state index contributed by atoms with van der Waals surface area (Å²) < 4.78 is 10.6. The number of methoxy groups -OCH3 is 1. The van der Waals surface area contributed by atoms with Gasteiger partial charge in [-0.25, -0.2) is 4.99 Å². The average Bonchev–Trinajstić information content (AvgIpc) is 3.23. The monoisotopic (exact) mass is 382 g/mol. The molecule has 0 saturated carbocycles. The van der Waals surface area contributed by atoms with Crippen molar-refractivity contribution in [3.05, 3.63) is 59.7 Å². The molecular weight excluding hydrogens is 356 g/mol. The Labute approximate surface area is 164 Å². The van der Waals surface area contributed by atoms with Gasteiger partial charge in [0.05, 0.1) is 13.2 Å². The summed E-state index contributed by atoms with van der Waals surface area (Å²) in [6, 6.07) is 15.3. The molecule has 28 heavy (non-hydrogen) atoms. The van der Waals surface area contributed by atoms with Gasteiger partial charge in [0.15, 0.2) is 5.96 Å². The number of nitrogens with zero attached hydrogens (tertiary/aromatic N) is 1. The fourth-order valence-corrected chi connectivity index (χ4v) is 3.03. The smallest absolute Gasteiger partial charge is 0.253 e. The van der Waals surface area contributed by atoms with Crippen LogP contribution in [0, 0.1) is 0 Å². The van der Waals surface area contributed by atoms with Gasteiger partial charge in [-0.05, 0) is 36.6 Å². The maximum Gasteiger partial charge on any atom is 0.253 e. The zero-order chi connectivity index (χ0) is 19.8. The molecule has 1 atom stereocenters. The molecular formula is C21H26N4O3. The Hall–Kier alpha value is -2.90. The molecule has 1 fully saturated rings. The number of ether oxygens (including phenoxy) is 2. The summed E-state index contributed by atoms with van der Waals surface area (Å²) in [6.45, 7) is 1.53. The third-order valence-corrected chi connectivity index (χ3v) is 4.43. The minimum absolute atomic E-state index is 0.103. The van der Waals surface area contributed by atoms with Crippen molar-refractivity contribution in [3.8, 4) is 0 Å². The number of aliphatic imine (C=N–C) groups is 1. The van der Waals surface area contributed by atoms with Gasteiger partial charge in [-0.2, -0.15) is 0 Å². The number of amides is 1. The summed E-state index contributed by atoms with van der Waals surface area (Å²) in [5.41, 5.74) is 9.57. The van der Waals surface area contributed by atoms with Crippen LogP contribution in [0.3, 0.4) is 0 Å². The van der Waals surface area contributed by atoms with Crippen LogP contribution < -0.4 is 16.4 Å². The van der Waals surface area contributed by atoms with Crippen LogP contribution in [0.5, 0.6) is 0 Å². The third kappa shape index (κ3) is 5.55. The Morgan fingerprint density at radius 3 is 2.89 bits per heavy atom. The summed E-state index contributed by atoms with van der Waals surface area (Å²) in [5.74, 6) is 0.214. The van der Waals surface area contributed by atoms with Crippen molar-refractivity contribution < 1.29 is 14.3 Å². The zero-order valence-corrected chi connectivity index (χ0v) is 16.0. The molecule has 3 rings (SSSR count). The molecule has 2 aromatic rings. The maximum atomic E-state index is 12.2. The van der Waals surface area contributed by atoms with Crippen molar-refractivity contribution in [1.82, 2.24) is 0 Å². The summed E-state index contributed by atoms with van der Waals surface area (Å²) >= 11 is 0. The Bertz CT molecular complexity index is 832. The molecule has 1 unspecified atom stereocenters. The highest BCUT2D eigenvalue weighted by atomic mass is 16.5. The van der Waals surface area contributed by atoms with Crippen molar-refractivity contribution in [3.63, 3.8) is 0 Å². The van der Waals surface area contributed by atoms with Crippen molar-refractivity contribution in [2.45, 2.75) is 32.1 Å². The number of hydrogen-bond donors (Lipinski definition) is 3. The van der Waals surface area contributed by atoms with Gasteiger partial charge >= 0.3 is 0 Å². The van der Waals surface area contributed by atoms with Crippen LogP contribution in [0.4, 0.5) is 11.4 Å². The molecule has 0 aliphatic carbocycles. The van der Waals surface area contributed by atoms with Crippen LogP contribution in [0.2, 0.25) is 0 Å². The highest BCUT2D eigenvalue weighted by Gasteiger charge is 2.23. The first-order valence-corrected chi connectivity index (χ1v) is 9.31. The van der Waals surface area contributed by atoms with E-state index in [-0.39, 0.29) is 12.0 Å². The van der Waals surface area contributed by atoms with Gasteiger partial charge in [-0.3, -0.25) is 4.79 Å². The minimum Gasteiger partial charge on any atom is -0.380 e. The average molecular weight is 382 g/mol. The number of carbonyl (C=O) groups is 1. The summed E-state index contributed by atoms with van der Waals surface area (Å²) in [4.78, 5) is 16.6. The second-order valence-electron chi connectivity index (χ2n) is 6.61. The second-order valence-corrected chi connectivity index (χ2v) is 6.61. The normalized spacial score (nSPS) is 16.8. The number of para-hydroxylation sites is 1. The van der Waals surface area contributed by atoms with Gasteiger partial charge in [-0.15, -0.1) is 0 Å². The fourth-order valence-electron chi connectivity index (χ4n) is 3.03. The second kappa shape index (κ2) is 9.87. The van der Waals surface area contributed by atoms with Crippen LogP contribution in [0.25, 0.3) is 0 Å². The Morgan fingerprint density at radius 1 is 1.25 bits per heavy atom. The van der Waals surface area contributed by atoms with E-state index >= 15 is 0 Å². The van der Waals surface area contributed by atoms with E-state index in [0.717, 1.165) is 35.3 Å². The van der Waals surface area contributed by atoms with E-state index in [0.29, 0.717) is 25.7 Å².